The molecule has 1 aliphatic heterocycles. The molecule has 18 heavy (non-hydrogen) atoms. The van der Waals surface area contributed by atoms with Crippen LogP contribution in [0.1, 0.15) is 37.0 Å². The number of thiophene rings is 1. The van der Waals surface area contributed by atoms with Gasteiger partial charge in [0.1, 0.15) is 0 Å². The number of hydrogen-bond acceptors (Lipinski definition) is 4. The highest BCUT2D eigenvalue weighted by atomic mass is 79.9. The largest absolute Gasteiger partial charge is 0.378 e. The maximum absolute atomic E-state index is 5.75. The lowest BCUT2D eigenvalue weighted by molar-refractivity contribution is 0.00860. The van der Waals surface area contributed by atoms with Gasteiger partial charge in [-0.3, -0.25) is 11.3 Å². The topological polar surface area (TPSA) is 47.3 Å². The third-order valence-electron chi connectivity index (χ3n) is 3.42. The fourth-order valence-electron chi connectivity index (χ4n) is 2.37. The Morgan fingerprint density at radius 2 is 2.44 bits per heavy atom. The van der Waals surface area contributed by atoms with Crippen molar-refractivity contribution >= 4 is 27.3 Å². The monoisotopic (exact) mass is 332 g/mol. The molecule has 2 rings (SSSR count). The van der Waals surface area contributed by atoms with Gasteiger partial charge in [-0.05, 0) is 60.5 Å². The molecule has 1 fully saturated rings. The van der Waals surface area contributed by atoms with Crippen molar-refractivity contribution in [3.05, 3.63) is 20.8 Å². The second-order valence-corrected chi connectivity index (χ2v) is 6.78. The Hall–Kier alpha value is 0.0600. The first-order valence-electron chi connectivity index (χ1n) is 6.58. The number of nitrogens with one attached hydrogen (secondary N) is 1. The van der Waals surface area contributed by atoms with Gasteiger partial charge in [0.15, 0.2) is 0 Å². The van der Waals surface area contributed by atoms with Gasteiger partial charge in [-0.25, -0.2) is 0 Å². The van der Waals surface area contributed by atoms with Gasteiger partial charge in [-0.2, -0.15) is 0 Å². The molecule has 2 atom stereocenters. The number of hydrogen-bond donors (Lipinski definition) is 2. The van der Waals surface area contributed by atoms with Gasteiger partial charge in [-0.15, -0.1) is 11.3 Å². The van der Waals surface area contributed by atoms with Crippen LogP contribution in [0, 0.1) is 0 Å². The molecule has 1 aromatic heterocycles. The van der Waals surface area contributed by atoms with Crippen LogP contribution in [-0.4, -0.2) is 18.8 Å². The average Bonchev–Trinajstić information content (AvgIpc) is 2.81. The summed E-state index contributed by atoms with van der Waals surface area (Å²) >= 11 is 5.27. The summed E-state index contributed by atoms with van der Waals surface area (Å²) < 4.78 is 6.91. The van der Waals surface area contributed by atoms with Crippen LogP contribution in [0.3, 0.4) is 0 Å². The van der Waals surface area contributed by atoms with E-state index in [9.17, 15) is 0 Å². The predicted molar refractivity (Wildman–Crippen MR) is 79.7 cm³/mol. The van der Waals surface area contributed by atoms with Crippen LogP contribution in [0.5, 0.6) is 0 Å². The van der Waals surface area contributed by atoms with E-state index in [4.69, 9.17) is 10.6 Å². The lowest BCUT2D eigenvalue weighted by atomic mass is 10.00. The summed E-state index contributed by atoms with van der Waals surface area (Å²) in [4.78, 5) is 1.37. The van der Waals surface area contributed by atoms with E-state index in [1.165, 1.54) is 24.1 Å². The number of hydrazine groups is 1. The van der Waals surface area contributed by atoms with Crippen molar-refractivity contribution in [2.24, 2.45) is 5.84 Å². The third kappa shape index (κ3) is 4.63. The minimum Gasteiger partial charge on any atom is -0.378 e. The van der Waals surface area contributed by atoms with Crippen molar-refractivity contribution in [2.75, 3.05) is 6.61 Å². The van der Waals surface area contributed by atoms with Gasteiger partial charge in [0.2, 0.25) is 0 Å². The highest BCUT2D eigenvalue weighted by Gasteiger charge is 2.16. The van der Waals surface area contributed by atoms with Crippen LogP contribution in [0.25, 0.3) is 0 Å². The molecule has 2 unspecified atom stereocenters. The average molecular weight is 333 g/mol. The molecule has 0 radical (unpaired) electrons. The third-order valence-corrected chi connectivity index (χ3v) is 5.14. The lowest BCUT2D eigenvalue weighted by Gasteiger charge is -2.24. The molecule has 1 aliphatic rings. The normalized spacial score (nSPS) is 22.0. The van der Waals surface area contributed by atoms with Crippen molar-refractivity contribution in [1.82, 2.24) is 5.43 Å². The van der Waals surface area contributed by atoms with Crippen molar-refractivity contribution in [3.8, 4) is 0 Å². The minimum absolute atomic E-state index is 0.348. The van der Waals surface area contributed by atoms with Crippen LogP contribution in [0.4, 0.5) is 0 Å². The van der Waals surface area contributed by atoms with Crippen molar-refractivity contribution in [1.29, 1.82) is 0 Å². The Morgan fingerprint density at radius 3 is 3.06 bits per heavy atom. The number of ether oxygens (including phenoxy) is 1. The number of nitrogens with two attached hydrogens (primary N) is 1. The number of rotatable bonds is 6. The molecule has 3 nitrogen and oxygen atoms in total. The first kappa shape index (κ1) is 14.5. The first-order valence-corrected chi connectivity index (χ1v) is 8.26. The standard InChI is InChI=1S/C13H21BrN2OS/c14-10-7-13(18-9-10)8-11(16-15)4-5-12-3-1-2-6-17-12/h7,9,11-12,16H,1-6,8,15H2. The molecule has 5 heteroatoms. The maximum atomic E-state index is 5.75. The molecule has 102 valence electrons. The highest BCUT2D eigenvalue weighted by molar-refractivity contribution is 9.10. The summed E-state index contributed by atoms with van der Waals surface area (Å²) in [5.74, 6) is 5.65. The van der Waals surface area contributed by atoms with E-state index in [1.54, 1.807) is 11.3 Å². The van der Waals surface area contributed by atoms with E-state index in [-0.39, 0.29) is 0 Å². The van der Waals surface area contributed by atoms with Crippen LogP contribution < -0.4 is 11.3 Å². The molecule has 0 spiro atoms. The molecule has 0 aromatic carbocycles. The Morgan fingerprint density at radius 1 is 1.56 bits per heavy atom. The minimum atomic E-state index is 0.348. The summed E-state index contributed by atoms with van der Waals surface area (Å²) in [5, 5.41) is 2.12. The van der Waals surface area contributed by atoms with Gasteiger partial charge < -0.3 is 4.74 Å². The van der Waals surface area contributed by atoms with Gasteiger partial charge in [0, 0.05) is 27.4 Å². The summed E-state index contributed by atoms with van der Waals surface area (Å²) in [6.45, 7) is 0.934. The van der Waals surface area contributed by atoms with Crippen LogP contribution in [0.15, 0.2) is 15.9 Å². The Kier molecular flexibility index (Phi) is 6.11. The predicted octanol–water partition coefficient (Wildman–Crippen LogP) is 3.23. The smallest absolute Gasteiger partial charge is 0.0575 e. The van der Waals surface area contributed by atoms with Crippen molar-refractivity contribution in [3.63, 3.8) is 0 Å². The van der Waals surface area contributed by atoms with E-state index in [2.05, 4.69) is 32.8 Å². The molecular weight excluding hydrogens is 312 g/mol. The molecule has 2 heterocycles. The van der Waals surface area contributed by atoms with Gasteiger partial charge in [0.05, 0.1) is 6.10 Å². The molecule has 0 amide bonds. The van der Waals surface area contributed by atoms with Gasteiger partial charge >= 0.3 is 0 Å². The molecule has 1 saturated heterocycles. The summed E-state index contributed by atoms with van der Waals surface area (Å²) in [6, 6.07) is 2.52. The van der Waals surface area contributed by atoms with Crippen LogP contribution in [0.2, 0.25) is 0 Å². The summed E-state index contributed by atoms with van der Waals surface area (Å²) in [5.41, 5.74) is 2.94. The molecular formula is C13H21BrN2OS. The van der Waals surface area contributed by atoms with Gasteiger partial charge in [0.25, 0.3) is 0 Å². The van der Waals surface area contributed by atoms with Crippen LogP contribution >= 0.6 is 27.3 Å². The van der Waals surface area contributed by atoms with E-state index in [1.807, 2.05) is 0 Å². The Balaban J connectivity index is 1.74. The molecule has 0 bridgehead atoms. The second kappa shape index (κ2) is 7.60. The fourth-order valence-corrected chi connectivity index (χ4v) is 3.90. The highest BCUT2D eigenvalue weighted by Crippen LogP contribution is 2.23. The molecule has 3 N–H and O–H groups in total. The van der Waals surface area contributed by atoms with Crippen molar-refractivity contribution < 1.29 is 4.74 Å². The Bertz CT molecular complexity index is 353. The van der Waals surface area contributed by atoms with E-state index in [0.717, 1.165) is 30.3 Å². The fraction of sp³-hybridized carbons (Fsp3) is 0.692. The zero-order valence-electron chi connectivity index (χ0n) is 10.5. The second-order valence-electron chi connectivity index (χ2n) is 4.86. The first-order chi connectivity index (χ1) is 8.78. The van der Waals surface area contributed by atoms with E-state index in [0.29, 0.717) is 12.1 Å². The maximum Gasteiger partial charge on any atom is 0.0575 e. The van der Waals surface area contributed by atoms with Crippen LogP contribution in [-0.2, 0) is 11.2 Å². The zero-order chi connectivity index (χ0) is 12.8. The number of halogens is 1. The zero-order valence-corrected chi connectivity index (χ0v) is 12.9. The lowest BCUT2D eigenvalue weighted by Crippen LogP contribution is -2.37. The van der Waals surface area contributed by atoms with E-state index < -0.39 is 0 Å². The van der Waals surface area contributed by atoms with Crippen molar-refractivity contribution in [2.45, 2.75) is 50.7 Å². The Labute approximate surface area is 121 Å². The molecule has 0 aliphatic carbocycles. The molecule has 1 aromatic rings. The summed E-state index contributed by atoms with van der Waals surface area (Å²) in [7, 11) is 0. The molecule has 0 saturated carbocycles. The van der Waals surface area contributed by atoms with E-state index >= 15 is 0 Å². The summed E-state index contributed by atoms with van der Waals surface area (Å²) in [6.07, 6.45) is 7.38. The van der Waals surface area contributed by atoms with Gasteiger partial charge in [-0.1, -0.05) is 0 Å². The quantitative estimate of drug-likeness (QED) is 0.621. The SMILES string of the molecule is NNC(CCC1CCCCO1)Cc1cc(Br)cs1.